The van der Waals surface area contributed by atoms with E-state index in [1.54, 1.807) is 11.6 Å². The van der Waals surface area contributed by atoms with E-state index in [0.29, 0.717) is 10.4 Å². The molecule has 216 valence electrons. The monoisotopic (exact) mass is 581 g/mol. The molecule has 5 aromatic rings. The van der Waals surface area contributed by atoms with Gasteiger partial charge in [-0.3, -0.25) is 9.78 Å². The van der Waals surface area contributed by atoms with Gasteiger partial charge < -0.3 is 15.2 Å². The van der Waals surface area contributed by atoms with E-state index in [0.717, 1.165) is 56.9 Å². The summed E-state index contributed by atoms with van der Waals surface area (Å²) < 4.78 is 3.68. The number of halogens is 1. The molecule has 3 heterocycles. The second kappa shape index (κ2) is 9.56. The lowest BCUT2D eigenvalue weighted by Crippen LogP contribution is -2.59. The van der Waals surface area contributed by atoms with Crippen LogP contribution in [-0.4, -0.2) is 31.1 Å². The molecule has 0 aliphatic heterocycles. The minimum atomic E-state index is -0.362. The van der Waals surface area contributed by atoms with Crippen molar-refractivity contribution < 1.29 is 0 Å². The summed E-state index contributed by atoms with van der Waals surface area (Å²) in [5.41, 5.74) is 5.63. The first-order valence-corrected chi connectivity index (χ1v) is 15.0. The molecule has 42 heavy (non-hydrogen) atoms. The van der Waals surface area contributed by atoms with Gasteiger partial charge in [0.05, 0.1) is 28.3 Å². The molecular weight excluding hydrogens is 546 g/mol. The van der Waals surface area contributed by atoms with Crippen LogP contribution in [0.2, 0.25) is 5.02 Å². The highest BCUT2D eigenvalue weighted by atomic mass is 35.5. The largest absolute Gasteiger partial charge is 0.384 e. The standard InChI is InChI=1S/C33H36ClN7O/c1-19-16-35-29-25(28(19)36-18-32(2,3)4)11-21(12-26(29)34)37-30(27-17-41(39-38-27)33-13-20(14-33)15-33)23-7-6-8-24-22(23)9-10-40(5)31(24)42/h6-12,16-17,20,30,37H,13-15,18H2,1-5H3,(H,35,36)/t20?,30-,33?/m0/s1. The van der Waals surface area contributed by atoms with Gasteiger partial charge in [-0.2, -0.15) is 0 Å². The van der Waals surface area contributed by atoms with E-state index in [-0.39, 0.29) is 22.6 Å². The average Bonchev–Trinajstić information content (AvgIpc) is 3.35. The molecule has 3 saturated carbocycles. The van der Waals surface area contributed by atoms with Crippen LogP contribution in [0, 0.1) is 18.3 Å². The Morgan fingerprint density at radius 1 is 1.12 bits per heavy atom. The summed E-state index contributed by atoms with van der Waals surface area (Å²) in [5, 5.41) is 19.8. The molecule has 0 saturated heterocycles. The molecule has 8 rings (SSSR count). The average molecular weight is 582 g/mol. The lowest BCUT2D eigenvalue weighted by Gasteiger charge is -2.61. The topological polar surface area (TPSA) is 89.7 Å². The highest BCUT2D eigenvalue weighted by Crippen LogP contribution is 2.62. The first kappa shape index (κ1) is 27.0. The van der Waals surface area contributed by atoms with Crippen molar-refractivity contribution >= 4 is 44.7 Å². The molecule has 3 fully saturated rings. The molecule has 0 amide bonds. The fourth-order valence-corrected chi connectivity index (χ4v) is 6.78. The molecule has 3 aromatic heterocycles. The number of anilines is 2. The van der Waals surface area contributed by atoms with Crippen molar-refractivity contribution in [2.45, 2.75) is 58.5 Å². The zero-order valence-electron chi connectivity index (χ0n) is 24.7. The van der Waals surface area contributed by atoms with Gasteiger partial charge in [-0.15, -0.1) is 5.10 Å². The zero-order valence-corrected chi connectivity index (χ0v) is 25.5. The maximum absolute atomic E-state index is 13.1. The Morgan fingerprint density at radius 2 is 1.90 bits per heavy atom. The molecule has 0 unspecified atom stereocenters. The van der Waals surface area contributed by atoms with Crippen LogP contribution in [0.3, 0.4) is 0 Å². The molecule has 0 radical (unpaired) electrons. The molecule has 3 aliphatic carbocycles. The number of pyridine rings is 2. The Kier molecular flexibility index (Phi) is 6.13. The predicted molar refractivity (Wildman–Crippen MR) is 169 cm³/mol. The third-order valence-corrected chi connectivity index (χ3v) is 9.27. The van der Waals surface area contributed by atoms with Crippen LogP contribution < -0.4 is 16.2 Å². The number of nitrogens with one attached hydrogen (secondary N) is 2. The summed E-state index contributed by atoms with van der Waals surface area (Å²) >= 11 is 6.87. The maximum atomic E-state index is 13.1. The van der Waals surface area contributed by atoms with E-state index in [2.05, 4.69) is 71.5 Å². The fraction of sp³-hybridized carbons (Fsp3) is 0.394. The summed E-state index contributed by atoms with van der Waals surface area (Å²) in [5.74, 6) is 0.832. The van der Waals surface area contributed by atoms with Crippen LogP contribution in [0.4, 0.5) is 11.4 Å². The summed E-state index contributed by atoms with van der Waals surface area (Å²) in [6, 6.07) is 11.5. The Bertz CT molecular complexity index is 1900. The molecule has 9 heteroatoms. The molecule has 0 spiro atoms. The Labute approximate surface area is 250 Å². The van der Waals surface area contributed by atoms with E-state index in [4.69, 9.17) is 16.7 Å². The molecule has 2 N–H and O–H groups in total. The number of aromatic nitrogens is 5. The van der Waals surface area contributed by atoms with Crippen molar-refractivity contribution in [1.29, 1.82) is 0 Å². The fourth-order valence-electron chi connectivity index (χ4n) is 6.51. The molecule has 3 aliphatic rings. The van der Waals surface area contributed by atoms with Crippen LogP contribution in [-0.2, 0) is 12.6 Å². The van der Waals surface area contributed by atoms with Gasteiger partial charge in [0.25, 0.3) is 5.56 Å². The van der Waals surface area contributed by atoms with Crippen LogP contribution >= 0.6 is 11.6 Å². The van der Waals surface area contributed by atoms with Crippen molar-refractivity contribution in [2.75, 3.05) is 17.2 Å². The highest BCUT2D eigenvalue weighted by molar-refractivity contribution is 6.35. The van der Waals surface area contributed by atoms with Gasteiger partial charge in [0, 0.05) is 48.1 Å². The summed E-state index contributed by atoms with van der Waals surface area (Å²) in [4.78, 5) is 17.7. The third kappa shape index (κ3) is 4.44. The molecule has 1 atom stereocenters. The first-order chi connectivity index (χ1) is 20.0. The van der Waals surface area contributed by atoms with Crippen LogP contribution in [0.1, 0.15) is 62.9 Å². The van der Waals surface area contributed by atoms with Crippen molar-refractivity contribution in [2.24, 2.45) is 18.4 Å². The number of rotatable bonds is 7. The van der Waals surface area contributed by atoms with Crippen molar-refractivity contribution in [3.05, 3.63) is 87.2 Å². The van der Waals surface area contributed by atoms with Gasteiger partial charge in [0.2, 0.25) is 0 Å². The van der Waals surface area contributed by atoms with Crippen molar-refractivity contribution in [1.82, 2.24) is 24.5 Å². The summed E-state index contributed by atoms with van der Waals surface area (Å²) in [6.45, 7) is 9.50. The number of fused-ring (bicyclic) bond motifs is 2. The number of aryl methyl sites for hydroxylation is 2. The molecule has 2 aromatic carbocycles. The quantitative estimate of drug-likeness (QED) is 0.219. The number of hydrogen-bond acceptors (Lipinski definition) is 6. The van der Waals surface area contributed by atoms with Gasteiger partial charge >= 0.3 is 0 Å². The van der Waals surface area contributed by atoms with E-state index in [1.807, 2.05) is 36.7 Å². The zero-order chi connectivity index (χ0) is 29.4. The van der Waals surface area contributed by atoms with E-state index < -0.39 is 0 Å². The Balaban J connectivity index is 1.35. The summed E-state index contributed by atoms with van der Waals surface area (Å²) in [7, 11) is 1.78. The molecule has 8 nitrogen and oxygen atoms in total. The van der Waals surface area contributed by atoms with Crippen LogP contribution in [0.5, 0.6) is 0 Å². The predicted octanol–water partition coefficient (Wildman–Crippen LogP) is 6.81. The smallest absolute Gasteiger partial charge is 0.258 e. The van der Waals surface area contributed by atoms with Crippen LogP contribution in [0.25, 0.3) is 21.7 Å². The second-order valence-corrected chi connectivity index (χ2v) is 13.9. The van der Waals surface area contributed by atoms with E-state index in [9.17, 15) is 4.79 Å². The number of nitrogens with zero attached hydrogens (tertiary/aromatic N) is 5. The lowest BCUT2D eigenvalue weighted by molar-refractivity contribution is -0.0989. The molecular formula is C33H36ClN7O. The van der Waals surface area contributed by atoms with E-state index in [1.165, 1.54) is 19.3 Å². The van der Waals surface area contributed by atoms with Gasteiger partial charge in [-0.05, 0) is 78.3 Å². The molecule has 2 bridgehead atoms. The Morgan fingerprint density at radius 3 is 2.62 bits per heavy atom. The number of benzene rings is 2. The summed E-state index contributed by atoms with van der Waals surface area (Å²) in [6.07, 6.45) is 9.30. The third-order valence-electron chi connectivity index (χ3n) is 8.99. The Hall–Kier alpha value is -3.91. The maximum Gasteiger partial charge on any atom is 0.258 e. The highest BCUT2D eigenvalue weighted by Gasteiger charge is 2.58. The van der Waals surface area contributed by atoms with E-state index >= 15 is 0 Å². The normalized spacial score (nSPS) is 20.3. The minimum Gasteiger partial charge on any atom is -0.384 e. The first-order valence-electron chi connectivity index (χ1n) is 14.6. The number of hydrogen-bond donors (Lipinski definition) is 2. The van der Waals surface area contributed by atoms with Crippen molar-refractivity contribution in [3.63, 3.8) is 0 Å². The van der Waals surface area contributed by atoms with Crippen molar-refractivity contribution in [3.8, 4) is 0 Å². The van der Waals surface area contributed by atoms with Gasteiger partial charge in [0.1, 0.15) is 5.69 Å². The van der Waals surface area contributed by atoms with Gasteiger partial charge in [-0.1, -0.05) is 49.7 Å². The minimum absolute atomic E-state index is 0.0320. The van der Waals surface area contributed by atoms with Gasteiger partial charge in [0.15, 0.2) is 0 Å². The van der Waals surface area contributed by atoms with Crippen LogP contribution in [0.15, 0.2) is 59.8 Å². The lowest BCUT2D eigenvalue weighted by atomic mass is 9.50. The van der Waals surface area contributed by atoms with Gasteiger partial charge in [-0.25, -0.2) is 4.68 Å². The second-order valence-electron chi connectivity index (χ2n) is 13.5. The SMILES string of the molecule is Cc1cnc2c(Cl)cc(N[C@H](c3cn(C45CC(C4)C5)nn3)c3cccc4c(=O)n(C)ccc34)cc2c1NCC(C)(C)C.